The molecule has 2 atom stereocenters. The highest BCUT2D eigenvalue weighted by molar-refractivity contribution is 7.90. The van der Waals surface area contributed by atoms with Gasteiger partial charge in [-0.2, -0.15) is 0 Å². The lowest BCUT2D eigenvalue weighted by Gasteiger charge is -2.32. The molecule has 3 rings (SSSR count). The highest BCUT2D eigenvalue weighted by Gasteiger charge is 2.38. The van der Waals surface area contributed by atoms with Crippen LogP contribution in [0.1, 0.15) is 31.1 Å². The van der Waals surface area contributed by atoms with E-state index in [-0.39, 0.29) is 5.75 Å². The summed E-state index contributed by atoms with van der Waals surface area (Å²) < 4.78 is 31.2. The van der Waals surface area contributed by atoms with Gasteiger partial charge in [-0.15, -0.1) is 0 Å². The van der Waals surface area contributed by atoms with E-state index in [9.17, 15) is 27.9 Å². The number of amides is 3. The summed E-state index contributed by atoms with van der Waals surface area (Å²) in [5.74, 6) is -2.52. The molecule has 1 fully saturated rings. The molecule has 1 aliphatic rings. The van der Waals surface area contributed by atoms with Crippen molar-refractivity contribution in [1.29, 1.82) is 0 Å². The molecule has 0 aliphatic carbocycles. The van der Waals surface area contributed by atoms with Gasteiger partial charge >= 0.3 is 6.03 Å². The molecular formula is C26H33N3O7S. The monoisotopic (exact) mass is 531 g/mol. The van der Waals surface area contributed by atoms with E-state index in [1.165, 1.54) is 18.7 Å². The third-order valence-corrected chi connectivity index (χ3v) is 7.59. The van der Waals surface area contributed by atoms with Crippen molar-refractivity contribution in [2.24, 2.45) is 0 Å². The normalized spacial score (nSPS) is 15.9. The number of aliphatic hydroxyl groups excluding tert-OH is 1. The molecule has 37 heavy (non-hydrogen) atoms. The number of sulfone groups is 1. The maximum Gasteiger partial charge on any atom is 0.318 e. The molecule has 2 aromatic carbocycles. The Morgan fingerprint density at radius 2 is 1.57 bits per heavy atom. The zero-order valence-electron chi connectivity index (χ0n) is 20.9. The molecule has 1 saturated heterocycles. The van der Waals surface area contributed by atoms with Crippen molar-refractivity contribution in [3.05, 3.63) is 71.8 Å². The molecule has 2 aromatic rings. The quantitative estimate of drug-likeness (QED) is 0.418. The van der Waals surface area contributed by atoms with Gasteiger partial charge in [-0.1, -0.05) is 60.7 Å². The number of aliphatic hydroxyl groups is 1. The first-order valence-electron chi connectivity index (χ1n) is 12.0. The molecule has 1 heterocycles. The average Bonchev–Trinajstić information content (AvgIpc) is 2.88. The van der Waals surface area contributed by atoms with Crippen LogP contribution >= 0.6 is 0 Å². The largest absolute Gasteiger partial charge is 0.380 e. The van der Waals surface area contributed by atoms with Gasteiger partial charge in [-0.25, -0.2) is 13.2 Å². The average molecular weight is 532 g/mol. The van der Waals surface area contributed by atoms with E-state index in [1.807, 2.05) is 0 Å². The summed E-state index contributed by atoms with van der Waals surface area (Å²) in [5.41, 5.74) is -0.655. The van der Waals surface area contributed by atoms with Gasteiger partial charge in [0.15, 0.2) is 15.6 Å². The Labute approximate surface area is 216 Å². The van der Waals surface area contributed by atoms with Gasteiger partial charge in [0.05, 0.1) is 30.3 Å². The highest BCUT2D eigenvalue weighted by Crippen LogP contribution is 2.20. The number of ether oxygens (including phenoxy) is 1. The van der Waals surface area contributed by atoms with Crippen LogP contribution in [0.2, 0.25) is 0 Å². The van der Waals surface area contributed by atoms with Gasteiger partial charge < -0.3 is 25.4 Å². The minimum atomic E-state index is -3.84. The number of rotatable bonds is 10. The van der Waals surface area contributed by atoms with E-state index in [0.717, 1.165) is 0 Å². The zero-order valence-corrected chi connectivity index (χ0v) is 21.7. The molecule has 2 unspecified atom stereocenters. The van der Waals surface area contributed by atoms with Crippen molar-refractivity contribution >= 4 is 27.6 Å². The minimum absolute atomic E-state index is 0.296. The fourth-order valence-electron chi connectivity index (χ4n) is 3.92. The minimum Gasteiger partial charge on any atom is -0.380 e. The predicted molar refractivity (Wildman–Crippen MR) is 137 cm³/mol. The molecule has 1 aliphatic heterocycles. The number of nitrogens with one attached hydrogen (secondary N) is 2. The lowest BCUT2D eigenvalue weighted by atomic mass is 9.91. The molecule has 0 spiro atoms. The van der Waals surface area contributed by atoms with Gasteiger partial charge in [-0.3, -0.25) is 9.59 Å². The molecule has 0 aromatic heterocycles. The highest BCUT2D eigenvalue weighted by atomic mass is 32.2. The summed E-state index contributed by atoms with van der Waals surface area (Å²) in [6, 6.07) is 14.7. The van der Waals surface area contributed by atoms with Gasteiger partial charge in [0.2, 0.25) is 5.91 Å². The van der Waals surface area contributed by atoms with Crippen molar-refractivity contribution in [3.63, 3.8) is 0 Å². The van der Waals surface area contributed by atoms with Crippen LogP contribution in [0, 0.1) is 0 Å². The van der Waals surface area contributed by atoms with Crippen LogP contribution in [-0.2, 0) is 29.9 Å². The number of benzene rings is 2. The summed E-state index contributed by atoms with van der Waals surface area (Å²) in [7, 11) is -3.84. The van der Waals surface area contributed by atoms with Crippen LogP contribution in [0.4, 0.5) is 4.79 Å². The van der Waals surface area contributed by atoms with Crippen molar-refractivity contribution in [3.8, 4) is 0 Å². The summed E-state index contributed by atoms with van der Waals surface area (Å²) in [5, 5.41) is 15.6. The second kappa shape index (κ2) is 12.3. The van der Waals surface area contributed by atoms with E-state index in [4.69, 9.17) is 4.74 Å². The second-order valence-electron chi connectivity index (χ2n) is 9.43. The first-order chi connectivity index (χ1) is 17.5. The number of hydrogen-bond acceptors (Lipinski definition) is 7. The van der Waals surface area contributed by atoms with Crippen LogP contribution < -0.4 is 10.6 Å². The number of morpholine rings is 1. The molecule has 0 bridgehead atoms. The topological polar surface area (TPSA) is 142 Å². The number of hydrogen-bond donors (Lipinski definition) is 3. The summed E-state index contributed by atoms with van der Waals surface area (Å²) in [4.78, 5) is 40.6. The zero-order chi connectivity index (χ0) is 27.1. The Balaban J connectivity index is 1.77. The Bertz CT molecular complexity index is 1180. The van der Waals surface area contributed by atoms with Crippen LogP contribution in [0.3, 0.4) is 0 Å². The Hall–Kier alpha value is -3.28. The van der Waals surface area contributed by atoms with Gasteiger partial charge in [0.25, 0.3) is 0 Å². The van der Waals surface area contributed by atoms with E-state index in [0.29, 0.717) is 37.4 Å². The van der Waals surface area contributed by atoms with Crippen molar-refractivity contribution in [2.75, 3.05) is 32.1 Å². The number of Topliss-reactive ketones (excluding diaryl/α,β-unsaturated/α-hetero) is 1. The second-order valence-corrected chi connectivity index (χ2v) is 11.5. The van der Waals surface area contributed by atoms with E-state index < -0.39 is 51.0 Å². The molecule has 3 amide bonds. The fraction of sp³-hybridized carbons (Fsp3) is 0.423. The summed E-state index contributed by atoms with van der Waals surface area (Å²) in [6.07, 6.45) is -1.50. The first-order valence-corrected chi connectivity index (χ1v) is 13.8. The third kappa shape index (κ3) is 8.11. The lowest BCUT2D eigenvalue weighted by molar-refractivity contribution is -0.137. The molecule has 200 valence electrons. The van der Waals surface area contributed by atoms with Gasteiger partial charge in [0, 0.05) is 13.1 Å². The van der Waals surface area contributed by atoms with Crippen LogP contribution in [0.25, 0.3) is 0 Å². The number of carbonyl (C=O) groups excluding carboxylic acids is 3. The number of urea groups is 1. The van der Waals surface area contributed by atoms with Crippen LogP contribution in [0.5, 0.6) is 0 Å². The van der Waals surface area contributed by atoms with Crippen molar-refractivity contribution in [2.45, 2.75) is 37.3 Å². The summed E-state index contributed by atoms with van der Waals surface area (Å²) in [6.45, 7) is 4.08. The lowest BCUT2D eigenvalue weighted by Crippen LogP contribution is -2.60. The standard InChI is InChI=1S/C26H33N3O7S/c1-26(2,23(31)22(30)20-11-7-4-8-12-20)28-24(32)21(27-25(33)29-13-15-36-16-14-29)18-37(34,35)17-19-9-5-3-6-10-19/h3-12,21-22,30H,13-18H2,1-2H3,(H,27,33)(H,28,32). The first kappa shape index (κ1) is 28.3. The molecular weight excluding hydrogens is 498 g/mol. The van der Waals surface area contributed by atoms with Gasteiger partial charge in [-0.05, 0) is 25.0 Å². The fourth-order valence-corrected chi connectivity index (χ4v) is 5.48. The molecule has 0 saturated carbocycles. The smallest absolute Gasteiger partial charge is 0.318 e. The van der Waals surface area contributed by atoms with Crippen molar-refractivity contribution in [1.82, 2.24) is 15.5 Å². The van der Waals surface area contributed by atoms with E-state index in [2.05, 4.69) is 10.6 Å². The Morgan fingerprint density at radius 3 is 2.16 bits per heavy atom. The van der Waals surface area contributed by atoms with Crippen molar-refractivity contribution < 1.29 is 32.6 Å². The number of carbonyl (C=O) groups is 3. The number of ketones is 1. The number of nitrogens with zero attached hydrogens (tertiary/aromatic N) is 1. The third-order valence-electron chi connectivity index (χ3n) is 5.98. The Morgan fingerprint density at radius 1 is 1.00 bits per heavy atom. The molecule has 3 N–H and O–H groups in total. The SMILES string of the molecule is CC(C)(NC(=O)C(CS(=O)(=O)Cc1ccccc1)NC(=O)N1CCOCC1)C(=O)C(O)c1ccccc1. The maximum atomic E-state index is 13.3. The molecule has 11 heteroatoms. The maximum absolute atomic E-state index is 13.3. The van der Waals surface area contributed by atoms with Gasteiger partial charge in [0.1, 0.15) is 12.1 Å². The molecule has 10 nitrogen and oxygen atoms in total. The van der Waals surface area contributed by atoms with E-state index in [1.54, 1.807) is 60.7 Å². The predicted octanol–water partition coefficient (Wildman–Crippen LogP) is 1.21. The molecule has 0 radical (unpaired) electrons. The van der Waals surface area contributed by atoms with E-state index >= 15 is 0 Å². The van der Waals surface area contributed by atoms with Crippen LogP contribution in [0.15, 0.2) is 60.7 Å². The summed E-state index contributed by atoms with van der Waals surface area (Å²) >= 11 is 0. The van der Waals surface area contributed by atoms with Crippen LogP contribution in [-0.4, -0.2) is 79.8 Å². The Kier molecular flexibility index (Phi) is 9.41.